The van der Waals surface area contributed by atoms with Crippen molar-refractivity contribution >= 4 is 47.8 Å². The molecule has 0 aromatic heterocycles. The van der Waals surface area contributed by atoms with Gasteiger partial charge in [-0.3, -0.25) is 19.2 Å². The molecule has 73 heavy (non-hydrogen) atoms. The smallest absolute Gasteiger partial charge is 0.366 e. The number of carbonyl (C=O) groups excluding carboxylic acids is 5. The van der Waals surface area contributed by atoms with E-state index in [0.717, 1.165) is 39.9 Å². The number of hydrogen-bond donors (Lipinski definition) is 8. The molecule has 430 valence electrons. The number of ether oxygens (including phenoxy) is 7. The first-order valence-corrected chi connectivity index (χ1v) is 22.9. The summed E-state index contributed by atoms with van der Waals surface area (Å²) in [6.45, 7) is 15.2. The molecule has 0 bridgehead atoms. The molecule has 0 radical (unpaired) electrons. The third-order valence-electron chi connectivity index (χ3n) is 10.8. The zero-order valence-electron chi connectivity index (χ0n) is 47.2. The lowest BCUT2D eigenvalue weighted by atomic mass is 9.84. The normalized spacial score (nSPS) is 20.8. The number of aliphatic hydroxyl groups excluding tert-OH is 1. The van der Waals surface area contributed by atoms with Crippen LogP contribution in [0.2, 0.25) is 0 Å². The average molecular weight is 1070 g/mol. The number of aliphatic hydroxyl groups is 5. The highest BCUT2D eigenvalue weighted by Crippen LogP contribution is 2.39. The van der Waals surface area contributed by atoms with Crippen LogP contribution in [-0.2, 0) is 77.0 Å². The maximum absolute atomic E-state index is 12.2. The predicted octanol–water partition coefficient (Wildman–Crippen LogP) is 2.59. The Hall–Kier alpha value is -4.73. The van der Waals surface area contributed by atoms with E-state index in [1.807, 2.05) is 27.7 Å². The summed E-state index contributed by atoms with van der Waals surface area (Å²) in [5, 5.41) is 73.2. The van der Waals surface area contributed by atoms with Crippen LogP contribution >= 0.6 is 0 Å². The first-order valence-electron chi connectivity index (χ1n) is 23.9. The molecule has 25 nitrogen and oxygen atoms in total. The number of carboxylic acid groups (broad SMARTS) is 3. The second kappa shape index (κ2) is 34.7. The van der Waals surface area contributed by atoms with Gasteiger partial charge < -0.3 is 79.9 Å². The van der Waals surface area contributed by atoms with E-state index < -0.39 is 112 Å². The Morgan fingerprint density at radius 2 is 0.904 bits per heavy atom. The summed E-state index contributed by atoms with van der Waals surface area (Å²) in [6.07, 6.45) is 3.28. The minimum atomic E-state index is -2.13. The largest absolute Gasteiger partial charge is 0.479 e. The summed E-state index contributed by atoms with van der Waals surface area (Å²) in [6, 6.07) is 0. The van der Waals surface area contributed by atoms with Crippen LogP contribution in [0.25, 0.3) is 0 Å². The lowest BCUT2D eigenvalue weighted by Crippen LogP contribution is -2.53. The second-order valence-electron chi connectivity index (χ2n) is 19.6. The summed E-state index contributed by atoms with van der Waals surface area (Å²) >= 11 is 0. The van der Waals surface area contributed by atoms with Gasteiger partial charge in [0.2, 0.25) is 6.58 Å². The van der Waals surface area contributed by atoms with Gasteiger partial charge in [0.25, 0.3) is 0 Å². The van der Waals surface area contributed by atoms with Gasteiger partial charge in [-0.2, -0.15) is 0 Å². The van der Waals surface area contributed by atoms with Crippen LogP contribution in [0.5, 0.6) is 0 Å². The Balaban J connectivity index is -0.000000281. The second-order valence-corrected chi connectivity index (χ2v) is 19.6. The molecule has 5 atom stereocenters. The molecule has 0 saturated carbocycles. The van der Waals surface area contributed by atoms with Gasteiger partial charge >= 0.3 is 49.1 Å². The average Bonchev–Trinajstić information content (AvgIpc) is 3.21. The molecule has 2 aliphatic heterocycles. The van der Waals surface area contributed by atoms with E-state index in [2.05, 4.69) is 18.9 Å². The molecule has 2 saturated heterocycles. The lowest BCUT2D eigenvalue weighted by Gasteiger charge is -2.42. The van der Waals surface area contributed by atoms with E-state index in [4.69, 9.17) is 32.3 Å². The third-order valence-corrected chi connectivity index (χ3v) is 10.8. The van der Waals surface area contributed by atoms with E-state index in [-0.39, 0.29) is 43.2 Å². The highest BCUT2D eigenvalue weighted by molar-refractivity contribution is 5.87. The fraction of sp³-hybridized carbons (Fsp3) is 0.812. The van der Waals surface area contributed by atoms with Crippen molar-refractivity contribution in [3.05, 3.63) is 6.58 Å². The van der Waals surface area contributed by atoms with Crippen molar-refractivity contribution < 1.29 is 126 Å². The number of carbonyl (C=O) groups is 8. The number of esters is 5. The lowest BCUT2D eigenvalue weighted by molar-refractivity contribution is -0.211. The first-order chi connectivity index (χ1) is 33.0. The van der Waals surface area contributed by atoms with Gasteiger partial charge in [-0.1, -0.05) is 0 Å². The number of hydrogen-bond acceptors (Lipinski definition) is 20. The molecular formula is C48H90O25+2. The molecule has 5 unspecified atom stereocenters. The summed E-state index contributed by atoms with van der Waals surface area (Å²) in [4.78, 5) is 90.1. The van der Waals surface area contributed by atoms with Gasteiger partial charge in [0.1, 0.15) is 6.92 Å². The Labute approximate surface area is 431 Å². The molecular weight excluding hydrogens is 977 g/mol. The van der Waals surface area contributed by atoms with Crippen molar-refractivity contribution in [2.75, 3.05) is 35.0 Å². The van der Waals surface area contributed by atoms with Crippen molar-refractivity contribution in [1.29, 1.82) is 0 Å². The molecule has 2 rings (SSSR count). The van der Waals surface area contributed by atoms with Gasteiger partial charge in [0.15, 0.2) is 22.4 Å². The first kappa shape index (κ1) is 72.5. The maximum Gasteiger partial charge on any atom is 0.366 e. The molecule has 0 aliphatic carbocycles. The van der Waals surface area contributed by atoms with Gasteiger partial charge in [-0.15, -0.1) is 0 Å². The molecule has 2 heterocycles. The SMILES string of the molecule is COC(=O)CC(O)(CCCC(C)(C)O)C(=O)O.COC(=O)CC(O)(CCCC(C)(C)O)C(=O)O.COC(=O)CC1(C(=O)O)CCCC(C)(C)O1.O.[3H]C(C)OC(=O)C1(CC(=O)OC)CCCC(C)(C)O1.[3H][C+](C)O.[OH3+]. The predicted molar refractivity (Wildman–Crippen MR) is 260 cm³/mol. The maximum atomic E-state index is 12.2. The molecule has 25 heteroatoms. The molecule has 0 spiro atoms. The summed E-state index contributed by atoms with van der Waals surface area (Å²) < 4.78 is 47.5. The van der Waals surface area contributed by atoms with E-state index in [1.54, 1.807) is 27.7 Å². The highest BCUT2D eigenvalue weighted by Gasteiger charge is 2.50. The molecule has 0 aromatic rings. The van der Waals surface area contributed by atoms with Crippen molar-refractivity contribution in [2.45, 2.75) is 217 Å². The minimum absolute atomic E-state index is 0. The number of methoxy groups -OCH3 is 4. The van der Waals surface area contributed by atoms with Crippen molar-refractivity contribution in [2.24, 2.45) is 0 Å². The number of aliphatic carboxylic acids is 3. The Bertz CT molecular complexity index is 1700. The molecule has 0 amide bonds. The minimum Gasteiger partial charge on any atom is -0.479 e. The standard InChI is InChI=1S/C13H22O5.2C11H20O6.C11H18O5.C2H5O.2H2O/c1-5-17-11(15)13(9-10(14)16-4)8-6-7-12(2,3)18-13;2*1-10(2,15)5-4-6-11(16,9(13)14)7-8(12)17-3;1-10(2)5-4-6-11(16-10,9(13)14)7-8(12)15-3;1-2-3;;/h5-9H2,1-4H3;2*15-16H,4-7H2,1-3H3,(H,13,14);4-7H2,1-3H3,(H,13,14);2-3H,1H3;2*1H2/q;;;;+1;;/p+1/i5T;;;;2T;;. The van der Waals surface area contributed by atoms with Crippen LogP contribution in [0.4, 0.5) is 0 Å². The fourth-order valence-corrected chi connectivity index (χ4v) is 7.17. The Kier molecular flexibility index (Phi) is 34.5. The Morgan fingerprint density at radius 1 is 0.603 bits per heavy atom. The highest BCUT2D eigenvalue weighted by atomic mass is 16.6. The molecule has 2 aliphatic rings. The Morgan fingerprint density at radius 3 is 1.16 bits per heavy atom. The van der Waals surface area contributed by atoms with Crippen molar-refractivity contribution in [3.63, 3.8) is 0 Å². The zero-order chi connectivity index (χ0) is 58.0. The fourth-order valence-electron chi connectivity index (χ4n) is 7.17. The number of rotatable bonds is 21. The van der Waals surface area contributed by atoms with Crippen LogP contribution in [0.1, 0.15) is 175 Å². The van der Waals surface area contributed by atoms with Crippen LogP contribution in [0.3, 0.4) is 0 Å². The van der Waals surface area contributed by atoms with Gasteiger partial charge in [-0.05, 0) is 139 Å². The molecule has 2 fully saturated rings. The van der Waals surface area contributed by atoms with Crippen molar-refractivity contribution in [1.82, 2.24) is 0 Å². The summed E-state index contributed by atoms with van der Waals surface area (Å²) in [5.74, 6) is -7.31. The van der Waals surface area contributed by atoms with Gasteiger partial charge in [0.05, 0.1) is 84.5 Å². The summed E-state index contributed by atoms with van der Waals surface area (Å²) in [5.41, 5.74) is -9.87. The third kappa shape index (κ3) is 32.2. The van der Waals surface area contributed by atoms with Crippen LogP contribution in [0, 0.1) is 6.58 Å². The quantitative estimate of drug-likeness (QED) is 0.0354. The summed E-state index contributed by atoms with van der Waals surface area (Å²) in [7, 11) is 4.76. The monoisotopic (exact) mass is 1070 g/mol. The zero-order valence-corrected chi connectivity index (χ0v) is 45.2. The van der Waals surface area contributed by atoms with E-state index in [1.165, 1.54) is 28.1 Å². The topological polar surface area (TPSA) is 428 Å². The van der Waals surface area contributed by atoms with E-state index >= 15 is 0 Å². The molecule has 13 N–H and O–H groups in total. The van der Waals surface area contributed by atoms with Crippen molar-refractivity contribution in [3.8, 4) is 0 Å². The van der Waals surface area contributed by atoms with E-state index in [9.17, 15) is 63.9 Å². The molecule has 0 aromatic carbocycles. The van der Waals surface area contributed by atoms with Gasteiger partial charge in [-0.25, -0.2) is 24.3 Å². The van der Waals surface area contributed by atoms with Crippen LogP contribution in [-0.4, -0.2) is 174 Å². The van der Waals surface area contributed by atoms with Gasteiger partial charge in [0, 0.05) is 0 Å². The van der Waals surface area contributed by atoms with E-state index in [0.29, 0.717) is 38.5 Å². The number of carboxylic acids is 3. The van der Waals surface area contributed by atoms with Crippen LogP contribution < -0.4 is 0 Å². The van der Waals surface area contributed by atoms with Crippen LogP contribution in [0.15, 0.2) is 0 Å².